The van der Waals surface area contributed by atoms with E-state index in [0.29, 0.717) is 24.5 Å². The number of methoxy groups -OCH3 is 1. The average molecular weight is 377 g/mol. The number of benzene rings is 1. The molecule has 26 heavy (non-hydrogen) atoms. The number of ether oxygens (including phenoxy) is 4. The van der Waals surface area contributed by atoms with Crippen molar-refractivity contribution in [3.05, 3.63) is 34.8 Å². The lowest BCUT2D eigenvalue weighted by atomic mass is 10.2. The van der Waals surface area contributed by atoms with Crippen molar-refractivity contribution in [1.82, 2.24) is 4.98 Å². The summed E-state index contributed by atoms with van der Waals surface area (Å²) >= 11 is 1.51. The lowest BCUT2D eigenvalue weighted by molar-refractivity contribution is -0.183. The van der Waals surface area contributed by atoms with Crippen LogP contribution in [0.3, 0.4) is 0 Å². The minimum absolute atomic E-state index is 0.189. The number of aryl methyl sites for hydroxylation is 1. The molecule has 0 amide bonds. The van der Waals surface area contributed by atoms with Crippen LogP contribution in [0.15, 0.2) is 28.7 Å². The first-order chi connectivity index (χ1) is 12.7. The van der Waals surface area contributed by atoms with E-state index in [1.807, 2.05) is 30.5 Å². The summed E-state index contributed by atoms with van der Waals surface area (Å²) in [6.45, 7) is 3.91. The summed E-state index contributed by atoms with van der Waals surface area (Å²) in [5.74, 6) is 1.34. The summed E-state index contributed by atoms with van der Waals surface area (Å²) in [6.07, 6.45) is 3.15. The molecule has 8 heteroatoms. The molecule has 2 aromatic rings. The van der Waals surface area contributed by atoms with Crippen LogP contribution >= 0.6 is 11.3 Å². The minimum atomic E-state index is -0.189. The quantitative estimate of drug-likeness (QED) is 0.561. The Hall–Kier alpha value is -2.16. The fourth-order valence-corrected chi connectivity index (χ4v) is 3.06. The SMILES string of the molecule is COc1ccc(C=NNc2nc(C)cs2)cc1OCCC1OCCCO1. The van der Waals surface area contributed by atoms with Crippen molar-refractivity contribution in [3.8, 4) is 11.5 Å². The fraction of sp³-hybridized carbons (Fsp3) is 0.444. The molecule has 1 aliphatic heterocycles. The van der Waals surface area contributed by atoms with Crippen LogP contribution in [0.5, 0.6) is 11.5 Å². The third kappa shape index (κ3) is 5.42. The summed E-state index contributed by atoms with van der Waals surface area (Å²) in [5.41, 5.74) is 4.79. The summed E-state index contributed by atoms with van der Waals surface area (Å²) < 4.78 is 22.3. The van der Waals surface area contributed by atoms with E-state index in [1.165, 1.54) is 11.3 Å². The second-order valence-corrected chi connectivity index (χ2v) is 6.59. The van der Waals surface area contributed by atoms with Gasteiger partial charge in [0.05, 0.1) is 38.8 Å². The molecule has 1 aliphatic rings. The van der Waals surface area contributed by atoms with Gasteiger partial charge in [-0.05, 0) is 37.1 Å². The Labute approximate surface area is 156 Å². The van der Waals surface area contributed by atoms with E-state index in [0.717, 1.165) is 36.0 Å². The van der Waals surface area contributed by atoms with E-state index in [2.05, 4.69) is 15.5 Å². The normalized spacial score (nSPS) is 15.3. The van der Waals surface area contributed by atoms with Crippen molar-refractivity contribution in [2.75, 3.05) is 32.4 Å². The molecule has 1 N–H and O–H groups in total. The van der Waals surface area contributed by atoms with Crippen molar-refractivity contribution in [1.29, 1.82) is 0 Å². The first-order valence-electron chi connectivity index (χ1n) is 8.50. The Morgan fingerprint density at radius 3 is 2.92 bits per heavy atom. The molecule has 1 aromatic carbocycles. The molecule has 0 bridgehead atoms. The van der Waals surface area contributed by atoms with Gasteiger partial charge < -0.3 is 18.9 Å². The van der Waals surface area contributed by atoms with Gasteiger partial charge in [0.1, 0.15) is 0 Å². The topological polar surface area (TPSA) is 74.2 Å². The van der Waals surface area contributed by atoms with Gasteiger partial charge in [-0.3, -0.25) is 5.43 Å². The van der Waals surface area contributed by atoms with Crippen LogP contribution in [0.1, 0.15) is 24.1 Å². The lowest BCUT2D eigenvalue weighted by Crippen LogP contribution is -2.26. The fourth-order valence-electron chi connectivity index (χ4n) is 2.42. The lowest BCUT2D eigenvalue weighted by Gasteiger charge is -2.23. The molecule has 0 spiro atoms. The van der Waals surface area contributed by atoms with Gasteiger partial charge >= 0.3 is 0 Å². The number of anilines is 1. The van der Waals surface area contributed by atoms with Crippen molar-refractivity contribution in [2.45, 2.75) is 26.1 Å². The number of rotatable bonds is 8. The molecule has 7 nitrogen and oxygen atoms in total. The smallest absolute Gasteiger partial charge is 0.203 e. The third-order valence-corrected chi connectivity index (χ3v) is 4.55. The largest absolute Gasteiger partial charge is 0.493 e. The van der Waals surface area contributed by atoms with Crippen LogP contribution in [0.2, 0.25) is 0 Å². The maximum absolute atomic E-state index is 5.86. The van der Waals surface area contributed by atoms with E-state index < -0.39 is 0 Å². The van der Waals surface area contributed by atoms with Crippen molar-refractivity contribution >= 4 is 22.7 Å². The minimum Gasteiger partial charge on any atom is -0.493 e. The van der Waals surface area contributed by atoms with Gasteiger partial charge in [-0.15, -0.1) is 11.3 Å². The number of aromatic nitrogens is 1. The Balaban J connectivity index is 1.56. The predicted octanol–water partition coefficient (Wildman–Crippen LogP) is 3.44. The second kappa shape index (κ2) is 9.51. The van der Waals surface area contributed by atoms with Crippen LogP contribution < -0.4 is 14.9 Å². The molecule has 0 unspecified atom stereocenters. The van der Waals surface area contributed by atoms with Crippen molar-refractivity contribution in [3.63, 3.8) is 0 Å². The monoisotopic (exact) mass is 377 g/mol. The molecule has 0 aliphatic carbocycles. The molecule has 140 valence electrons. The van der Waals surface area contributed by atoms with E-state index in [1.54, 1.807) is 13.3 Å². The molecule has 1 fully saturated rings. The van der Waals surface area contributed by atoms with Gasteiger partial charge in [-0.25, -0.2) is 4.98 Å². The summed E-state index contributed by atoms with van der Waals surface area (Å²) in [7, 11) is 1.62. The zero-order valence-electron chi connectivity index (χ0n) is 14.9. The molecule has 0 atom stereocenters. The molecule has 0 radical (unpaired) electrons. The van der Waals surface area contributed by atoms with E-state index in [-0.39, 0.29) is 6.29 Å². The molecule has 1 aromatic heterocycles. The van der Waals surface area contributed by atoms with Crippen LogP contribution in [0.25, 0.3) is 0 Å². The number of hydrogen-bond acceptors (Lipinski definition) is 8. The second-order valence-electron chi connectivity index (χ2n) is 5.74. The van der Waals surface area contributed by atoms with Gasteiger partial charge in [0.25, 0.3) is 0 Å². The zero-order valence-corrected chi connectivity index (χ0v) is 15.8. The Kier molecular flexibility index (Phi) is 6.82. The number of hydrogen-bond donors (Lipinski definition) is 1. The summed E-state index contributed by atoms with van der Waals surface area (Å²) in [5, 5.41) is 6.94. The number of hydrazone groups is 1. The molecule has 2 heterocycles. The highest BCUT2D eigenvalue weighted by molar-refractivity contribution is 7.13. The van der Waals surface area contributed by atoms with E-state index in [9.17, 15) is 0 Å². The Bertz CT molecular complexity index is 729. The maximum atomic E-state index is 5.86. The van der Waals surface area contributed by atoms with Crippen LogP contribution in [0, 0.1) is 6.92 Å². The van der Waals surface area contributed by atoms with Gasteiger partial charge in [-0.1, -0.05) is 0 Å². The van der Waals surface area contributed by atoms with Crippen LogP contribution in [-0.2, 0) is 9.47 Å². The van der Waals surface area contributed by atoms with Gasteiger partial charge in [0.2, 0.25) is 5.13 Å². The molecule has 1 saturated heterocycles. The van der Waals surface area contributed by atoms with Gasteiger partial charge in [-0.2, -0.15) is 5.10 Å². The zero-order chi connectivity index (χ0) is 18.2. The van der Waals surface area contributed by atoms with Crippen LogP contribution in [0.4, 0.5) is 5.13 Å². The van der Waals surface area contributed by atoms with E-state index in [4.69, 9.17) is 18.9 Å². The highest BCUT2D eigenvalue weighted by atomic mass is 32.1. The predicted molar refractivity (Wildman–Crippen MR) is 101 cm³/mol. The molecule has 0 saturated carbocycles. The standard InChI is InChI=1S/C18H23N3O4S/c1-13-12-26-18(20-13)21-19-11-14-4-5-15(22-2)16(10-14)23-9-6-17-24-7-3-8-25-17/h4-5,10-12,17H,3,6-9H2,1-2H3,(H,20,21). The third-order valence-electron chi connectivity index (χ3n) is 3.69. The summed E-state index contributed by atoms with van der Waals surface area (Å²) in [4.78, 5) is 4.30. The van der Waals surface area contributed by atoms with Crippen molar-refractivity contribution < 1.29 is 18.9 Å². The number of nitrogens with zero attached hydrogens (tertiary/aromatic N) is 2. The first kappa shape index (κ1) is 18.6. The number of thiazole rings is 1. The summed E-state index contributed by atoms with van der Waals surface area (Å²) in [6, 6.07) is 5.66. The average Bonchev–Trinajstić information content (AvgIpc) is 3.08. The molecular formula is C18H23N3O4S. The maximum Gasteiger partial charge on any atom is 0.203 e. The highest BCUT2D eigenvalue weighted by Crippen LogP contribution is 2.28. The van der Waals surface area contributed by atoms with Crippen LogP contribution in [-0.4, -0.2) is 44.4 Å². The van der Waals surface area contributed by atoms with Gasteiger partial charge in [0, 0.05) is 11.8 Å². The van der Waals surface area contributed by atoms with Crippen molar-refractivity contribution in [2.24, 2.45) is 5.10 Å². The van der Waals surface area contributed by atoms with E-state index >= 15 is 0 Å². The molecule has 3 rings (SSSR count). The molecular weight excluding hydrogens is 354 g/mol. The Morgan fingerprint density at radius 2 is 2.19 bits per heavy atom. The van der Waals surface area contributed by atoms with Gasteiger partial charge in [0.15, 0.2) is 17.8 Å². The number of nitrogens with one attached hydrogen (secondary N) is 1. The first-order valence-corrected chi connectivity index (χ1v) is 9.38. The highest BCUT2D eigenvalue weighted by Gasteiger charge is 2.14. The Morgan fingerprint density at radius 1 is 1.35 bits per heavy atom.